The monoisotopic (exact) mass is 363 g/mol. The molecule has 0 aliphatic carbocycles. The van der Waals surface area contributed by atoms with Crippen molar-refractivity contribution in [3.63, 3.8) is 0 Å². The molecule has 4 nitrogen and oxygen atoms in total. The first kappa shape index (κ1) is 18.4. The van der Waals surface area contributed by atoms with Crippen molar-refractivity contribution in [2.45, 2.75) is 19.5 Å². The third kappa shape index (κ3) is 5.05. The van der Waals surface area contributed by atoms with Crippen molar-refractivity contribution < 1.29 is 5.21 Å². The van der Waals surface area contributed by atoms with E-state index < -0.39 is 0 Å². The van der Waals surface area contributed by atoms with Crippen LogP contribution in [0.5, 0.6) is 0 Å². The van der Waals surface area contributed by atoms with E-state index in [1.165, 1.54) is 27.3 Å². The summed E-state index contributed by atoms with van der Waals surface area (Å²) in [5.74, 6) is 0. The zero-order valence-corrected chi connectivity index (χ0v) is 15.9. The summed E-state index contributed by atoms with van der Waals surface area (Å²) in [6.45, 7) is 7.98. The van der Waals surface area contributed by atoms with E-state index in [1.807, 2.05) is 0 Å². The van der Waals surface area contributed by atoms with Crippen molar-refractivity contribution in [2.75, 3.05) is 39.3 Å². The maximum Gasteiger partial charge on any atom is 0.0424 e. The largest absolute Gasteiger partial charge is 0.314 e. The molecule has 4 rings (SSSR count). The third-order valence-electron chi connectivity index (χ3n) is 5.63. The van der Waals surface area contributed by atoms with Gasteiger partial charge in [0, 0.05) is 52.4 Å². The van der Waals surface area contributed by atoms with Crippen LogP contribution >= 0.6 is 0 Å². The van der Waals surface area contributed by atoms with Gasteiger partial charge in [0.15, 0.2) is 0 Å². The standard InChI is InChI=1S/C23H29N3O/c27-26-12-10-23(11-13-26)22-8-6-21(7-9-22)19-25-16-14-24(15-17-25)18-20-4-2-1-3-5-20/h1-10,27H,11-19H2. The number of hydrogen-bond acceptors (Lipinski definition) is 4. The molecule has 2 aliphatic rings. The molecular formula is C23H29N3O. The first-order valence-corrected chi connectivity index (χ1v) is 9.97. The number of hydrogen-bond donors (Lipinski definition) is 1. The van der Waals surface area contributed by atoms with Gasteiger partial charge in [-0.2, -0.15) is 5.06 Å². The summed E-state index contributed by atoms with van der Waals surface area (Å²) < 4.78 is 0. The molecule has 0 saturated carbocycles. The Morgan fingerprint density at radius 1 is 0.704 bits per heavy atom. The molecule has 2 aromatic rings. The molecule has 2 heterocycles. The van der Waals surface area contributed by atoms with E-state index in [1.54, 1.807) is 0 Å². The highest BCUT2D eigenvalue weighted by molar-refractivity contribution is 5.66. The Morgan fingerprint density at radius 2 is 1.30 bits per heavy atom. The zero-order chi connectivity index (χ0) is 18.5. The molecule has 0 bridgehead atoms. The molecule has 142 valence electrons. The van der Waals surface area contributed by atoms with Crippen LogP contribution in [-0.4, -0.2) is 59.3 Å². The lowest BCUT2D eigenvalue weighted by Gasteiger charge is -2.34. The molecule has 0 spiro atoms. The van der Waals surface area contributed by atoms with Gasteiger partial charge in [0.25, 0.3) is 0 Å². The van der Waals surface area contributed by atoms with Gasteiger partial charge in [-0.05, 0) is 28.7 Å². The van der Waals surface area contributed by atoms with Crippen molar-refractivity contribution in [1.29, 1.82) is 0 Å². The van der Waals surface area contributed by atoms with Crippen LogP contribution in [0.15, 0.2) is 60.7 Å². The summed E-state index contributed by atoms with van der Waals surface area (Å²) in [6.07, 6.45) is 3.05. The highest BCUT2D eigenvalue weighted by Gasteiger charge is 2.17. The lowest BCUT2D eigenvalue weighted by Crippen LogP contribution is -2.45. The third-order valence-corrected chi connectivity index (χ3v) is 5.63. The van der Waals surface area contributed by atoms with Crippen molar-refractivity contribution in [1.82, 2.24) is 14.9 Å². The molecule has 27 heavy (non-hydrogen) atoms. The van der Waals surface area contributed by atoms with Crippen LogP contribution in [0.4, 0.5) is 0 Å². The van der Waals surface area contributed by atoms with Gasteiger partial charge in [0.1, 0.15) is 0 Å². The summed E-state index contributed by atoms with van der Waals surface area (Å²) in [5.41, 5.74) is 5.43. The van der Waals surface area contributed by atoms with Crippen LogP contribution in [0, 0.1) is 0 Å². The van der Waals surface area contributed by atoms with Gasteiger partial charge < -0.3 is 5.21 Å². The molecule has 0 atom stereocenters. The Morgan fingerprint density at radius 3 is 1.85 bits per heavy atom. The number of piperazine rings is 1. The highest BCUT2D eigenvalue weighted by Crippen LogP contribution is 2.22. The van der Waals surface area contributed by atoms with Gasteiger partial charge in [0.05, 0.1) is 0 Å². The molecular weight excluding hydrogens is 334 g/mol. The fraction of sp³-hybridized carbons (Fsp3) is 0.391. The van der Waals surface area contributed by atoms with Crippen LogP contribution in [0.2, 0.25) is 0 Å². The van der Waals surface area contributed by atoms with Gasteiger partial charge in [0.2, 0.25) is 0 Å². The average molecular weight is 364 g/mol. The molecule has 1 fully saturated rings. The summed E-state index contributed by atoms with van der Waals surface area (Å²) in [6, 6.07) is 19.8. The number of benzene rings is 2. The van der Waals surface area contributed by atoms with Crippen LogP contribution < -0.4 is 0 Å². The van der Waals surface area contributed by atoms with Crippen molar-refractivity contribution in [2.24, 2.45) is 0 Å². The summed E-state index contributed by atoms with van der Waals surface area (Å²) >= 11 is 0. The minimum Gasteiger partial charge on any atom is -0.314 e. The predicted molar refractivity (Wildman–Crippen MR) is 109 cm³/mol. The smallest absolute Gasteiger partial charge is 0.0424 e. The van der Waals surface area contributed by atoms with Gasteiger partial charge in [-0.25, -0.2) is 0 Å². The molecule has 0 aromatic heterocycles. The zero-order valence-electron chi connectivity index (χ0n) is 15.9. The van der Waals surface area contributed by atoms with E-state index in [9.17, 15) is 5.21 Å². The summed E-state index contributed by atoms with van der Waals surface area (Å²) in [7, 11) is 0. The minimum absolute atomic E-state index is 0.629. The Labute approximate surface area is 162 Å². The Kier molecular flexibility index (Phi) is 6.00. The molecule has 2 aromatic carbocycles. The fourth-order valence-electron chi connectivity index (χ4n) is 3.95. The Hall–Kier alpha value is -1.98. The predicted octanol–water partition coefficient (Wildman–Crippen LogP) is 3.48. The normalized spacial score (nSPS) is 19.8. The first-order chi connectivity index (χ1) is 13.3. The SMILES string of the molecule is ON1CC=C(c2ccc(CN3CCN(Cc4ccccc4)CC3)cc2)CC1. The van der Waals surface area contributed by atoms with E-state index in [2.05, 4.69) is 70.5 Å². The van der Waals surface area contributed by atoms with Gasteiger partial charge in [-0.3, -0.25) is 9.80 Å². The van der Waals surface area contributed by atoms with E-state index in [0.29, 0.717) is 6.54 Å². The van der Waals surface area contributed by atoms with Gasteiger partial charge >= 0.3 is 0 Å². The fourth-order valence-corrected chi connectivity index (χ4v) is 3.95. The number of rotatable bonds is 5. The van der Waals surface area contributed by atoms with Crippen molar-refractivity contribution >= 4 is 5.57 Å². The quantitative estimate of drug-likeness (QED) is 0.881. The van der Waals surface area contributed by atoms with Crippen LogP contribution in [-0.2, 0) is 13.1 Å². The first-order valence-electron chi connectivity index (χ1n) is 9.97. The van der Waals surface area contributed by atoms with Crippen molar-refractivity contribution in [3.8, 4) is 0 Å². The van der Waals surface area contributed by atoms with Crippen molar-refractivity contribution in [3.05, 3.63) is 77.4 Å². The minimum atomic E-state index is 0.629. The van der Waals surface area contributed by atoms with Crippen LogP contribution in [0.25, 0.3) is 5.57 Å². The van der Waals surface area contributed by atoms with E-state index >= 15 is 0 Å². The second kappa shape index (κ2) is 8.81. The summed E-state index contributed by atoms with van der Waals surface area (Å²) in [4.78, 5) is 5.11. The molecule has 1 N–H and O–H groups in total. The maximum atomic E-state index is 9.48. The topological polar surface area (TPSA) is 30.0 Å². The van der Waals surface area contributed by atoms with E-state index in [4.69, 9.17) is 0 Å². The lowest BCUT2D eigenvalue weighted by atomic mass is 9.99. The van der Waals surface area contributed by atoms with Crippen LogP contribution in [0.3, 0.4) is 0 Å². The summed E-state index contributed by atoms with van der Waals surface area (Å²) in [5, 5.41) is 10.9. The van der Waals surface area contributed by atoms with Crippen LogP contribution in [0.1, 0.15) is 23.1 Å². The van der Waals surface area contributed by atoms with Gasteiger partial charge in [-0.1, -0.05) is 60.7 Å². The Balaban J connectivity index is 1.27. The number of nitrogens with zero attached hydrogens (tertiary/aromatic N) is 3. The molecule has 2 aliphatic heterocycles. The van der Waals surface area contributed by atoms with E-state index in [0.717, 1.165) is 52.2 Å². The average Bonchev–Trinajstić information content (AvgIpc) is 2.72. The molecule has 0 radical (unpaired) electrons. The van der Waals surface area contributed by atoms with Gasteiger partial charge in [-0.15, -0.1) is 0 Å². The molecule has 4 heteroatoms. The maximum absolute atomic E-state index is 9.48. The molecule has 0 amide bonds. The Bertz CT molecular complexity index is 749. The second-order valence-corrected chi connectivity index (χ2v) is 7.63. The molecule has 0 unspecified atom stereocenters. The van der Waals surface area contributed by atoms with E-state index in [-0.39, 0.29) is 0 Å². The number of hydroxylamine groups is 2. The lowest BCUT2D eigenvalue weighted by molar-refractivity contribution is -0.0807. The molecule has 1 saturated heterocycles. The highest BCUT2D eigenvalue weighted by atomic mass is 16.5. The second-order valence-electron chi connectivity index (χ2n) is 7.63.